The van der Waals surface area contributed by atoms with E-state index in [1.807, 2.05) is 0 Å². The molecular weight excluding hydrogens is 254 g/mol. The first kappa shape index (κ1) is 15.7. The lowest BCUT2D eigenvalue weighted by atomic mass is 9.84. The Morgan fingerprint density at radius 2 is 2.00 bits per heavy atom. The Hall–Kier alpha value is 0.270. The van der Waals surface area contributed by atoms with Crippen LogP contribution in [-0.4, -0.2) is 36.3 Å². The highest BCUT2D eigenvalue weighted by molar-refractivity contribution is 8.00. The summed E-state index contributed by atoms with van der Waals surface area (Å²) in [5, 5.41) is 4.55. The van der Waals surface area contributed by atoms with Gasteiger partial charge in [0.2, 0.25) is 0 Å². The second kappa shape index (κ2) is 8.53. The molecule has 2 fully saturated rings. The Kier molecular flexibility index (Phi) is 7.03. The minimum absolute atomic E-state index is 0.461. The third-order valence-electron chi connectivity index (χ3n) is 4.67. The summed E-state index contributed by atoms with van der Waals surface area (Å²) in [6.07, 6.45) is 10.2. The van der Waals surface area contributed by atoms with Crippen LogP contribution in [0.2, 0.25) is 0 Å². The van der Waals surface area contributed by atoms with Crippen molar-refractivity contribution in [1.82, 2.24) is 5.32 Å². The third-order valence-corrected chi connectivity index (χ3v) is 6.27. The lowest BCUT2D eigenvalue weighted by molar-refractivity contribution is 0.127. The van der Waals surface area contributed by atoms with Crippen LogP contribution in [0.4, 0.5) is 0 Å². The summed E-state index contributed by atoms with van der Waals surface area (Å²) in [7, 11) is 0. The molecule has 0 aromatic heterocycles. The van der Waals surface area contributed by atoms with Crippen molar-refractivity contribution in [3.63, 3.8) is 0 Å². The summed E-state index contributed by atoms with van der Waals surface area (Å²) >= 11 is 2.16. The fourth-order valence-corrected chi connectivity index (χ4v) is 4.84. The van der Waals surface area contributed by atoms with Gasteiger partial charge in [0.05, 0.1) is 6.10 Å². The molecule has 0 aromatic carbocycles. The Bertz CT molecular complexity index is 243. The molecule has 1 N–H and O–H groups in total. The van der Waals surface area contributed by atoms with E-state index < -0.39 is 0 Å². The maximum absolute atomic E-state index is 5.68. The van der Waals surface area contributed by atoms with Gasteiger partial charge >= 0.3 is 0 Å². The van der Waals surface area contributed by atoms with E-state index in [1.54, 1.807) is 0 Å². The maximum Gasteiger partial charge on any atom is 0.0666 e. The summed E-state index contributed by atoms with van der Waals surface area (Å²) in [6, 6.07) is 0.734. The number of nitrogens with one attached hydrogen (secondary N) is 1. The van der Waals surface area contributed by atoms with Crippen molar-refractivity contribution in [2.75, 3.05) is 18.9 Å². The Morgan fingerprint density at radius 1 is 1.21 bits per heavy atom. The van der Waals surface area contributed by atoms with Crippen LogP contribution in [0.15, 0.2) is 0 Å². The van der Waals surface area contributed by atoms with Gasteiger partial charge in [-0.3, -0.25) is 0 Å². The molecule has 2 nitrogen and oxygen atoms in total. The molecule has 112 valence electrons. The quantitative estimate of drug-likeness (QED) is 0.768. The summed E-state index contributed by atoms with van der Waals surface area (Å²) in [6.45, 7) is 6.65. The Morgan fingerprint density at radius 3 is 2.63 bits per heavy atom. The van der Waals surface area contributed by atoms with Crippen molar-refractivity contribution in [2.24, 2.45) is 5.92 Å². The van der Waals surface area contributed by atoms with Gasteiger partial charge < -0.3 is 10.1 Å². The van der Waals surface area contributed by atoms with E-state index in [2.05, 4.69) is 30.9 Å². The van der Waals surface area contributed by atoms with Crippen LogP contribution in [0.3, 0.4) is 0 Å². The van der Waals surface area contributed by atoms with Crippen LogP contribution in [-0.2, 0) is 4.74 Å². The van der Waals surface area contributed by atoms with Gasteiger partial charge in [0.1, 0.15) is 0 Å². The van der Waals surface area contributed by atoms with Gasteiger partial charge in [0, 0.05) is 23.7 Å². The molecule has 1 aliphatic carbocycles. The molecule has 0 spiro atoms. The van der Waals surface area contributed by atoms with Gasteiger partial charge in [-0.2, -0.15) is 11.8 Å². The number of rotatable bonds is 7. The van der Waals surface area contributed by atoms with Gasteiger partial charge in [0.15, 0.2) is 0 Å². The van der Waals surface area contributed by atoms with Crippen molar-refractivity contribution >= 4 is 11.8 Å². The molecule has 0 aromatic rings. The molecule has 0 bridgehead atoms. The minimum atomic E-state index is 0.461. The molecule has 2 rings (SSSR count). The first-order chi connectivity index (χ1) is 9.31. The van der Waals surface area contributed by atoms with Crippen LogP contribution >= 0.6 is 11.8 Å². The van der Waals surface area contributed by atoms with Crippen molar-refractivity contribution < 1.29 is 4.74 Å². The second-order valence-electron chi connectivity index (χ2n) is 6.20. The summed E-state index contributed by atoms with van der Waals surface area (Å²) in [5.74, 6) is 2.20. The van der Waals surface area contributed by atoms with Crippen molar-refractivity contribution in [2.45, 2.75) is 76.2 Å². The topological polar surface area (TPSA) is 21.3 Å². The van der Waals surface area contributed by atoms with Crippen LogP contribution in [0.25, 0.3) is 0 Å². The smallest absolute Gasteiger partial charge is 0.0666 e. The Balaban J connectivity index is 1.78. The van der Waals surface area contributed by atoms with Crippen LogP contribution < -0.4 is 5.32 Å². The third kappa shape index (κ3) is 4.95. The fraction of sp³-hybridized carbons (Fsp3) is 1.00. The first-order valence-corrected chi connectivity index (χ1v) is 9.32. The summed E-state index contributed by atoms with van der Waals surface area (Å²) in [5.41, 5.74) is 0. The summed E-state index contributed by atoms with van der Waals surface area (Å²) < 4.78 is 5.68. The van der Waals surface area contributed by atoms with E-state index in [9.17, 15) is 0 Å². The standard InChI is InChI=1S/C16H31NOS/c1-3-10-17-15(14-7-5-4-6-8-14)12-19-16-9-11-18-13(16)2/h13-17H,3-12H2,1-2H3. The number of thioether (sulfide) groups is 1. The number of ether oxygens (including phenoxy) is 1. The lowest BCUT2D eigenvalue weighted by Crippen LogP contribution is -2.40. The van der Waals surface area contributed by atoms with Crippen molar-refractivity contribution in [1.29, 1.82) is 0 Å². The van der Waals surface area contributed by atoms with Gasteiger partial charge in [-0.25, -0.2) is 0 Å². The van der Waals surface area contributed by atoms with Gasteiger partial charge in [-0.1, -0.05) is 26.2 Å². The average molecular weight is 285 g/mol. The van der Waals surface area contributed by atoms with E-state index >= 15 is 0 Å². The van der Waals surface area contributed by atoms with Crippen molar-refractivity contribution in [3.8, 4) is 0 Å². The predicted molar refractivity (Wildman–Crippen MR) is 84.9 cm³/mol. The average Bonchev–Trinajstić information content (AvgIpc) is 2.85. The number of hydrogen-bond donors (Lipinski definition) is 1. The van der Waals surface area contributed by atoms with Gasteiger partial charge in [-0.15, -0.1) is 0 Å². The monoisotopic (exact) mass is 285 g/mol. The predicted octanol–water partition coefficient (Wildman–Crippen LogP) is 3.85. The maximum atomic E-state index is 5.68. The SMILES string of the molecule is CCCNC(CSC1CCOC1C)C1CCCCC1. The minimum Gasteiger partial charge on any atom is -0.377 e. The summed E-state index contributed by atoms with van der Waals surface area (Å²) in [4.78, 5) is 0. The zero-order chi connectivity index (χ0) is 13.5. The molecule has 3 unspecified atom stereocenters. The highest BCUT2D eigenvalue weighted by Gasteiger charge is 2.28. The molecule has 1 aliphatic heterocycles. The molecule has 3 heteroatoms. The lowest BCUT2D eigenvalue weighted by Gasteiger charge is -2.32. The first-order valence-electron chi connectivity index (χ1n) is 8.28. The highest BCUT2D eigenvalue weighted by Crippen LogP contribution is 2.31. The van der Waals surface area contributed by atoms with Crippen molar-refractivity contribution in [3.05, 3.63) is 0 Å². The largest absolute Gasteiger partial charge is 0.377 e. The molecule has 0 radical (unpaired) electrons. The van der Waals surface area contributed by atoms with E-state index in [1.165, 1.54) is 57.2 Å². The second-order valence-corrected chi connectivity index (χ2v) is 7.47. The Labute approximate surface area is 123 Å². The van der Waals surface area contributed by atoms with Crippen LogP contribution in [0, 0.1) is 5.92 Å². The fourth-order valence-electron chi connectivity index (χ4n) is 3.39. The van der Waals surface area contributed by atoms with Gasteiger partial charge in [-0.05, 0) is 45.1 Å². The molecule has 1 saturated carbocycles. The molecule has 1 heterocycles. The molecule has 2 aliphatic rings. The van der Waals surface area contributed by atoms with E-state index in [-0.39, 0.29) is 0 Å². The molecule has 0 amide bonds. The highest BCUT2D eigenvalue weighted by atomic mass is 32.2. The van der Waals surface area contributed by atoms with Crippen LogP contribution in [0.5, 0.6) is 0 Å². The molecular formula is C16H31NOS. The zero-order valence-corrected chi connectivity index (χ0v) is 13.5. The molecule has 19 heavy (non-hydrogen) atoms. The zero-order valence-electron chi connectivity index (χ0n) is 12.7. The van der Waals surface area contributed by atoms with E-state index in [4.69, 9.17) is 4.74 Å². The van der Waals surface area contributed by atoms with Crippen LogP contribution in [0.1, 0.15) is 58.8 Å². The number of hydrogen-bond acceptors (Lipinski definition) is 3. The normalized spacial score (nSPS) is 30.6. The molecule has 1 saturated heterocycles. The van der Waals surface area contributed by atoms with E-state index in [0.29, 0.717) is 6.10 Å². The van der Waals surface area contributed by atoms with Gasteiger partial charge in [0.25, 0.3) is 0 Å². The molecule has 3 atom stereocenters. The van der Waals surface area contributed by atoms with E-state index in [0.717, 1.165) is 23.8 Å².